The van der Waals surface area contributed by atoms with E-state index in [9.17, 15) is 4.79 Å². The van der Waals surface area contributed by atoms with Gasteiger partial charge >= 0.3 is 5.97 Å². The van der Waals surface area contributed by atoms with Gasteiger partial charge in [-0.05, 0) is 67.2 Å². The summed E-state index contributed by atoms with van der Waals surface area (Å²) in [5, 5.41) is 4.22. The number of nitrogens with one attached hydrogen (secondary N) is 1. The average Bonchev–Trinajstić information content (AvgIpc) is 3.39. The van der Waals surface area contributed by atoms with Crippen molar-refractivity contribution in [2.45, 2.75) is 25.4 Å². The zero-order valence-electron chi connectivity index (χ0n) is 17.0. The van der Waals surface area contributed by atoms with Crippen molar-refractivity contribution in [1.29, 1.82) is 0 Å². The van der Waals surface area contributed by atoms with E-state index >= 15 is 0 Å². The summed E-state index contributed by atoms with van der Waals surface area (Å²) in [7, 11) is 1.39. The fourth-order valence-corrected chi connectivity index (χ4v) is 4.29. The number of ether oxygens (including phenoxy) is 1. The lowest BCUT2D eigenvalue weighted by molar-refractivity contribution is 0.0600. The number of carbonyl (C=O) groups excluding carboxylic acids is 1. The monoisotopic (exact) mass is 420 g/mol. The molecule has 0 aliphatic carbocycles. The minimum atomic E-state index is -0.344. The van der Waals surface area contributed by atoms with Crippen molar-refractivity contribution in [1.82, 2.24) is 19.8 Å². The van der Waals surface area contributed by atoms with Gasteiger partial charge < -0.3 is 19.5 Å². The van der Waals surface area contributed by atoms with Crippen LogP contribution in [0.15, 0.2) is 67.0 Å². The third kappa shape index (κ3) is 3.68. The Morgan fingerprint density at radius 1 is 1.17 bits per heavy atom. The molecule has 1 N–H and O–H groups in total. The summed E-state index contributed by atoms with van der Waals surface area (Å²) >= 11 is 5.68. The average molecular weight is 421 g/mol. The predicted molar refractivity (Wildman–Crippen MR) is 120 cm³/mol. The molecular weight excluding hydrogens is 396 g/mol. The summed E-state index contributed by atoms with van der Waals surface area (Å²) in [6.45, 7) is 3.00. The highest BCUT2D eigenvalue weighted by Crippen LogP contribution is 2.39. The van der Waals surface area contributed by atoms with Crippen LogP contribution in [0.1, 0.15) is 47.2 Å². The number of hydrogen-bond donors (Lipinski definition) is 1. The zero-order valence-corrected chi connectivity index (χ0v) is 17.8. The topological polar surface area (TPSA) is 59.4 Å². The van der Waals surface area contributed by atoms with Crippen molar-refractivity contribution >= 4 is 23.3 Å². The molecule has 154 valence electrons. The van der Waals surface area contributed by atoms with Gasteiger partial charge in [0.05, 0.1) is 30.5 Å². The maximum atomic E-state index is 11.8. The Morgan fingerprint density at radius 3 is 2.63 bits per heavy atom. The number of benzene rings is 1. The van der Waals surface area contributed by atoms with E-state index < -0.39 is 0 Å². The molecule has 0 amide bonds. The van der Waals surface area contributed by atoms with Crippen LogP contribution in [0, 0.1) is 0 Å². The van der Waals surface area contributed by atoms with Crippen molar-refractivity contribution in [3.63, 3.8) is 0 Å². The molecule has 30 heavy (non-hydrogen) atoms. The van der Waals surface area contributed by atoms with E-state index in [1.54, 1.807) is 12.1 Å². The van der Waals surface area contributed by atoms with Crippen LogP contribution in [0.4, 0.5) is 0 Å². The van der Waals surface area contributed by atoms with Crippen LogP contribution < -0.4 is 5.32 Å². The van der Waals surface area contributed by atoms with Crippen LogP contribution in [0.5, 0.6) is 0 Å². The van der Waals surface area contributed by atoms with E-state index in [0.717, 1.165) is 35.2 Å². The molecule has 4 rings (SSSR count). The first kappa shape index (κ1) is 20.1. The molecule has 0 unspecified atom stereocenters. The van der Waals surface area contributed by atoms with Gasteiger partial charge in [-0.15, -0.1) is 0 Å². The number of pyridine rings is 1. The molecule has 1 fully saturated rings. The minimum Gasteiger partial charge on any atom is -0.465 e. The fraction of sp³-hybridized carbons (Fsp3) is 0.261. The molecule has 7 heteroatoms. The van der Waals surface area contributed by atoms with Crippen molar-refractivity contribution in [2.75, 3.05) is 13.7 Å². The second-order valence-electron chi connectivity index (χ2n) is 7.16. The largest absolute Gasteiger partial charge is 0.465 e. The number of nitrogens with zero attached hydrogens (tertiary/aromatic N) is 3. The Balaban J connectivity index is 1.75. The number of thiocarbonyl (C=S) groups is 1. The number of hydrogen-bond acceptors (Lipinski definition) is 4. The van der Waals surface area contributed by atoms with Gasteiger partial charge in [0.15, 0.2) is 5.11 Å². The van der Waals surface area contributed by atoms with E-state index in [4.69, 9.17) is 17.0 Å². The predicted octanol–water partition coefficient (Wildman–Crippen LogP) is 4.04. The van der Waals surface area contributed by atoms with Gasteiger partial charge in [0.25, 0.3) is 0 Å². The second-order valence-corrected chi connectivity index (χ2v) is 7.55. The molecular formula is C23H24N4O2S. The Morgan fingerprint density at radius 2 is 1.97 bits per heavy atom. The molecule has 0 radical (unpaired) electrons. The molecule has 3 aromatic rings. The van der Waals surface area contributed by atoms with E-state index in [1.165, 1.54) is 7.11 Å². The normalized spacial score (nSPS) is 18.3. The SMILES string of the molecule is CCCN1C(=S)N[C@H](c2ccccn2)[C@H]1c1cccn1-c1ccc(C(=O)OC)cc1. The van der Waals surface area contributed by atoms with Gasteiger partial charge in [0.1, 0.15) is 0 Å². The van der Waals surface area contributed by atoms with Crippen LogP contribution in [0.2, 0.25) is 0 Å². The van der Waals surface area contributed by atoms with Crippen molar-refractivity contribution < 1.29 is 9.53 Å². The molecule has 1 aliphatic rings. The Kier molecular flexibility index (Phi) is 5.81. The van der Waals surface area contributed by atoms with Crippen LogP contribution in [-0.2, 0) is 4.74 Å². The summed E-state index contributed by atoms with van der Waals surface area (Å²) < 4.78 is 6.94. The fourth-order valence-electron chi connectivity index (χ4n) is 3.95. The van der Waals surface area contributed by atoms with E-state index in [2.05, 4.69) is 32.8 Å². The zero-order chi connectivity index (χ0) is 21.1. The van der Waals surface area contributed by atoms with Crippen molar-refractivity contribution in [3.05, 3.63) is 83.9 Å². The van der Waals surface area contributed by atoms with Crippen LogP contribution in [-0.4, -0.2) is 39.2 Å². The third-order valence-corrected chi connectivity index (χ3v) is 5.66. The van der Waals surface area contributed by atoms with E-state index in [1.807, 2.05) is 48.8 Å². The molecule has 2 atom stereocenters. The summed E-state index contributed by atoms with van der Waals surface area (Å²) in [4.78, 5) is 18.6. The smallest absolute Gasteiger partial charge is 0.337 e. The molecule has 6 nitrogen and oxygen atoms in total. The molecule has 1 aromatic carbocycles. The Hall–Kier alpha value is -3.19. The summed E-state index contributed by atoms with van der Waals surface area (Å²) in [5.41, 5.74) is 3.56. The molecule has 3 heterocycles. The first-order chi connectivity index (χ1) is 14.6. The highest BCUT2D eigenvalue weighted by molar-refractivity contribution is 7.80. The molecule has 1 aliphatic heterocycles. The van der Waals surface area contributed by atoms with Gasteiger partial charge in [-0.3, -0.25) is 4.98 Å². The molecule has 2 aromatic heterocycles. The maximum Gasteiger partial charge on any atom is 0.337 e. The minimum absolute atomic E-state index is 0.00244. The molecule has 0 bridgehead atoms. The lowest BCUT2D eigenvalue weighted by atomic mass is 10.0. The quantitative estimate of drug-likeness (QED) is 0.480. The van der Waals surface area contributed by atoms with Crippen LogP contribution >= 0.6 is 12.2 Å². The first-order valence-corrected chi connectivity index (χ1v) is 10.4. The number of methoxy groups -OCH3 is 1. The van der Waals surface area contributed by atoms with Gasteiger partial charge in [-0.2, -0.15) is 0 Å². The number of carbonyl (C=O) groups is 1. The highest BCUT2D eigenvalue weighted by Gasteiger charge is 2.40. The summed E-state index contributed by atoms with van der Waals surface area (Å²) in [6, 6.07) is 17.5. The second kappa shape index (κ2) is 8.67. The Labute approximate surface area is 181 Å². The molecule has 0 saturated carbocycles. The lowest BCUT2D eigenvalue weighted by Crippen LogP contribution is -2.31. The van der Waals surface area contributed by atoms with E-state index in [0.29, 0.717) is 5.56 Å². The molecule has 0 spiro atoms. The van der Waals surface area contributed by atoms with Crippen LogP contribution in [0.3, 0.4) is 0 Å². The molecule has 1 saturated heterocycles. The van der Waals surface area contributed by atoms with Gasteiger partial charge in [-0.1, -0.05) is 13.0 Å². The number of aromatic nitrogens is 2. The summed E-state index contributed by atoms with van der Waals surface area (Å²) in [5.74, 6) is -0.344. The van der Waals surface area contributed by atoms with Gasteiger partial charge in [-0.25, -0.2) is 4.79 Å². The van der Waals surface area contributed by atoms with Crippen molar-refractivity contribution in [3.8, 4) is 5.69 Å². The van der Waals surface area contributed by atoms with Gasteiger partial charge in [0, 0.05) is 30.3 Å². The number of esters is 1. The number of rotatable bonds is 6. The van der Waals surface area contributed by atoms with Gasteiger partial charge in [0.2, 0.25) is 0 Å². The lowest BCUT2D eigenvalue weighted by Gasteiger charge is -2.28. The van der Waals surface area contributed by atoms with Crippen LogP contribution in [0.25, 0.3) is 5.69 Å². The summed E-state index contributed by atoms with van der Waals surface area (Å²) in [6.07, 6.45) is 4.83. The first-order valence-electron chi connectivity index (χ1n) is 9.98. The van der Waals surface area contributed by atoms with Crippen molar-refractivity contribution in [2.24, 2.45) is 0 Å². The maximum absolute atomic E-state index is 11.8. The standard InChI is InChI=1S/C23H24N4O2S/c1-3-14-27-21(20(25-23(27)30)18-7-4-5-13-24-18)19-8-6-15-26(19)17-11-9-16(10-12-17)22(28)29-2/h4-13,15,20-21H,3,14H2,1-2H3,(H,25,30)/t20-,21-/m1/s1. The third-order valence-electron chi connectivity index (χ3n) is 5.31. The Bertz CT molecular complexity index is 1030. The highest BCUT2D eigenvalue weighted by atomic mass is 32.1. The van der Waals surface area contributed by atoms with E-state index in [-0.39, 0.29) is 18.1 Å².